The first kappa shape index (κ1) is 29.3. The Morgan fingerprint density at radius 3 is 2.34 bits per heavy atom. The highest BCUT2D eigenvalue weighted by Crippen LogP contribution is 2.37. The standard InChI is InChI=1S/C27H34N4O5S2/c1-18(33)29-20-10-13-22(24(14-20)38(34,35)30-26(2,3)4)23-15-28-25(37-23)19-8-11-21(12-9-19)31(7)16-27(5,6)36-17-32/h8-15,17,30H,16H2,1-7H3,(H,29,33). The van der Waals surface area contributed by atoms with Crippen LogP contribution >= 0.6 is 11.3 Å². The van der Waals surface area contributed by atoms with Crippen LogP contribution in [0.3, 0.4) is 0 Å². The third kappa shape index (κ3) is 7.62. The molecule has 0 atom stereocenters. The molecule has 0 aliphatic carbocycles. The summed E-state index contributed by atoms with van der Waals surface area (Å²) < 4.78 is 34.5. The lowest BCUT2D eigenvalue weighted by Gasteiger charge is -2.30. The second-order valence-corrected chi connectivity index (χ2v) is 13.3. The van der Waals surface area contributed by atoms with Gasteiger partial charge in [0.05, 0.1) is 16.3 Å². The van der Waals surface area contributed by atoms with Crippen molar-refractivity contribution in [3.05, 3.63) is 48.7 Å². The molecular formula is C27H34N4O5S2. The van der Waals surface area contributed by atoms with Crippen LogP contribution in [-0.4, -0.2) is 50.5 Å². The number of aromatic nitrogens is 1. The number of carbonyl (C=O) groups is 2. The maximum atomic E-state index is 13.3. The normalized spacial score (nSPS) is 12.2. The number of sulfonamides is 1. The van der Waals surface area contributed by atoms with Gasteiger partial charge >= 0.3 is 0 Å². The predicted octanol–water partition coefficient (Wildman–Crippen LogP) is 4.90. The van der Waals surface area contributed by atoms with E-state index in [2.05, 4.69) is 15.0 Å². The highest BCUT2D eigenvalue weighted by Gasteiger charge is 2.27. The summed E-state index contributed by atoms with van der Waals surface area (Å²) in [5.74, 6) is -0.293. The van der Waals surface area contributed by atoms with Gasteiger partial charge in [0, 0.05) is 48.2 Å². The van der Waals surface area contributed by atoms with Crippen molar-refractivity contribution in [1.29, 1.82) is 0 Å². The predicted molar refractivity (Wildman–Crippen MR) is 152 cm³/mol. The van der Waals surface area contributed by atoms with Crippen LogP contribution in [0.25, 0.3) is 21.0 Å². The average Bonchev–Trinajstić information content (AvgIpc) is 3.27. The van der Waals surface area contributed by atoms with Gasteiger partial charge in [0.15, 0.2) is 0 Å². The van der Waals surface area contributed by atoms with E-state index in [1.807, 2.05) is 50.1 Å². The minimum atomic E-state index is -3.90. The van der Waals surface area contributed by atoms with Crippen LogP contribution in [0.1, 0.15) is 41.5 Å². The summed E-state index contributed by atoms with van der Waals surface area (Å²) >= 11 is 1.37. The second-order valence-electron chi connectivity index (χ2n) is 10.7. The molecule has 38 heavy (non-hydrogen) atoms. The quantitative estimate of drug-likeness (QED) is 0.340. The number of thiazole rings is 1. The molecule has 2 aromatic carbocycles. The molecule has 3 rings (SSSR count). The lowest BCUT2D eigenvalue weighted by Crippen LogP contribution is -2.40. The van der Waals surface area contributed by atoms with E-state index in [0.29, 0.717) is 29.1 Å². The smallest absolute Gasteiger partial charge is 0.293 e. The van der Waals surface area contributed by atoms with Gasteiger partial charge in [-0.1, -0.05) is 6.07 Å². The fraction of sp³-hybridized carbons (Fsp3) is 0.370. The molecule has 0 unspecified atom stereocenters. The zero-order valence-corrected chi connectivity index (χ0v) is 24.3. The number of hydrogen-bond donors (Lipinski definition) is 2. The van der Waals surface area contributed by atoms with Gasteiger partial charge < -0.3 is 15.0 Å². The SMILES string of the molecule is CC(=O)Nc1ccc(-c2cnc(-c3ccc(N(C)CC(C)(C)OC=O)cc3)s2)c(S(=O)(=O)NC(C)(C)C)c1. The summed E-state index contributed by atoms with van der Waals surface area (Å²) in [6, 6.07) is 12.6. The molecule has 0 saturated heterocycles. The number of amides is 1. The third-order valence-electron chi connectivity index (χ3n) is 5.34. The van der Waals surface area contributed by atoms with Crippen molar-refractivity contribution < 1.29 is 22.7 Å². The highest BCUT2D eigenvalue weighted by atomic mass is 32.2. The number of nitrogens with one attached hydrogen (secondary N) is 2. The summed E-state index contributed by atoms with van der Waals surface area (Å²) in [4.78, 5) is 29.6. The van der Waals surface area contributed by atoms with E-state index in [4.69, 9.17) is 4.74 Å². The minimum Gasteiger partial charge on any atom is -0.460 e. The van der Waals surface area contributed by atoms with Crippen molar-refractivity contribution in [2.24, 2.45) is 0 Å². The van der Waals surface area contributed by atoms with Crippen molar-refractivity contribution in [1.82, 2.24) is 9.71 Å². The second kappa shape index (κ2) is 11.2. The molecule has 0 radical (unpaired) electrons. The minimum absolute atomic E-state index is 0.0611. The van der Waals surface area contributed by atoms with Crippen LogP contribution in [0.15, 0.2) is 53.6 Å². The molecule has 0 saturated carbocycles. The van der Waals surface area contributed by atoms with E-state index in [9.17, 15) is 18.0 Å². The van der Waals surface area contributed by atoms with E-state index in [0.717, 1.165) is 16.3 Å². The van der Waals surface area contributed by atoms with Gasteiger partial charge in [0.1, 0.15) is 10.6 Å². The Kier molecular flexibility index (Phi) is 8.65. The molecule has 0 bridgehead atoms. The van der Waals surface area contributed by atoms with Crippen LogP contribution < -0.4 is 14.9 Å². The molecule has 1 aromatic heterocycles. The van der Waals surface area contributed by atoms with Crippen molar-refractivity contribution in [2.45, 2.75) is 57.6 Å². The molecular weight excluding hydrogens is 524 g/mol. The van der Waals surface area contributed by atoms with Crippen molar-refractivity contribution in [3.8, 4) is 21.0 Å². The van der Waals surface area contributed by atoms with E-state index in [1.54, 1.807) is 39.1 Å². The number of nitrogens with zero attached hydrogens (tertiary/aromatic N) is 2. The number of benzene rings is 2. The summed E-state index contributed by atoms with van der Waals surface area (Å²) in [6.07, 6.45) is 1.66. The zero-order chi connectivity index (χ0) is 28.3. The first-order valence-electron chi connectivity index (χ1n) is 11.9. The summed E-state index contributed by atoms with van der Waals surface area (Å²) in [6.45, 7) is 11.3. The zero-order valence-electron chi connectivity index (χ0n) is 22.7. The Labute approximate surface area is 228 Å². The Bertz CT molecular complexity index is 1410. The maximum Gasteiger partial charge on any atom is 0.293 e. The fourth-order valence-corrected chi connectivity index (χ4v) is 6.60. The summed E-state index contributed by atoms with van der Waals surface area (Å²) in [5, 5.41) is 3.39. The molecule has 0 spiro atoms. The molecule has 1 amide bonds. The molecule has 11 heteroatoms. The van der Waals surface area contributed by atoms with Gasteiger partial charge in [-0.3, -0.25) is 9.59 Å². The number of ether oxygens (including phenoxy) is 1. The van der Waals surface area contributed by atoms with Crippen molar-refractivity contribution in [3.63, 3.8) is 0 Å². The summed E-state index contributed by atoms with van der Waals surface area (Å²) in [7, 11) is -1.98. The van der Waals surface area contributed by atoms with Crippen LogP contribution in [0.4, 0.5) is 11.4 Å². The highest BCUT2D eigenvalue weighted by molar-refractivity contribution is 7.89. The third-order valence-corrected chi connectivity index (χ3v) is 8.22. The Hall–Kier alpha value is -3.28. The first-order chi connectivity index (χ1) is 17.6. The van der Waals surface area contributed by atoms with E-state index >= 15 is 0 Å². The molecule has 0 aliphatic heterocycles. The van der Waals surface area contributed by atoms with Gasteiger partial charge in [-0.05, 0) is 71.0 Å². The van der Waals surface area contributed by atoms with Gasteiger partial charge in [-0.2, -0.15) is 0 Å². The average molecular weight is 559 g/mol. The Balaban J connectivity index is 1.94. The number of carbonyl (C=O) groups excluding carboxylic acids is 2. The van der Waals surface area contributed by atoms with E-state index in [1.165, 1.54) is 24.3 Å². The first-order valence-corrected chi connectivity index (χ1v) is 14.2. The van der Waals surface area contributed by atoms with Gasteiger partial charge in [-0.25, -0.2) is 18.1 Å². The number of likely N-dealkylation sites (N-methyl/N-ethyl adjacent to an activating group) is 1. The molecule has 0 fully saturated rings. The molecule has 3 aromatic rings. The summed E-state index contributed by atoms with van der Waals surface area (Å²) in [5.41, 5.74) is 1.39. The van der Waals surface area contributed by atoms with Gasteiger partial charge in [0.2, 0.25) is 15.9 Å². The number of anilines is 2. The Morgan fingerprint density at radius 2 is 1.76 bits per heavy atom. The van der Waals surface area contributed by atoms with Crippen LogP contribution in [0, 0.1) is 0 Å². The molecule has 204 valence electrons. The van der Waals surface area contributed by atoms with Gasteiger partial charge in [0.25, 0.3) is 6.47 Å². The number of hydrogen-bond acceptors (Lipinski definition) is 8. The van der Waals surface area contributed by atoms with Crippen LogP contribution in [0.5, 0.6) is 0 Å². The van der Waals surface area contributed by atoms with E-state index in [-0.39, 0.29) is 10.8 Å². The lowest BCUT2D eigenvalue weighted by molar-refractivity contribution is -0.139. The van der Waals surface area contributed by atoms with E-state index < -0.39 is 21.2 Å². The topological polar surface area (TPSA) is 118 Å². The molecule has 2 N–H and O–H groups in total. The lowest BCUT2D eigenvalue weighted by atomic mass is 10.1. The van der Waals surface area contributed by atoms with Crippen molar-refractivity contribution in [2.75, 3.05) is 23.8 Å². The van der Waals surface area contributed by atoms with Gasteiger partial charge in [-0.15, -0.1) is 11.3 Å². The molecule has 0 aliphatic rings. The van der Waals surface area contributed by atoms with Crippen molar-refractivity contribution >= 4 is 45.1 Å². The molecule has 9 nitrogen and oxygen atoms in total. The monoisotopic (exact) mass is 558 g/mol. The maximum absolute atomic E-state index is 13.3. The molecule has 1 heterocycles. The van der Waals surface area contributed by atoms with Crippen LogP contribution in [-0.2, 0) is 24.3 Å². The largest absolute Gasteiger partial charge is 0.460 e. The van der Waals surface area contributed by atoms with Crippen LogP contribution in [0.2, 0.25) is 0 Å². The Morgan fingerprint density at radius 1 is 1.11 bits per heavy atom. The fourth-order valence-electron chi connectivity index (χ4n) is 3.91. The number of rotatable bonds is 10.